The summed E-state index contributed by atoms with van der Waals surface area (Å²) in [6.45, 7) is 0. The van der Waals surface area contributed by atoms with Crippen molar-refractivity contribution in [1.82, 2.24) is 20.3 Å². The van der Waals surface area contributed by atoms with Crippen LogP contribution >= 0.6 is 34.7 Å². The van der Waals surface area contributed by atoms with Crippen molar-refractivity contribution in [2.75, 3.05) is 5.32 Å². The highest BCUT2D eigenvalue weighted by Gasteiger charge is 2.15. The number of nitrogens with one attached hydrogen (secondary N) is 1. The van der Waals surface area contributed by atoms with Gasteiger partial charge in [-0.15, -0.1) is 10.2 Å². The molecule has 0 unspecified atom stereocenters. The van der Waals surface area contributed by atoms with Crippen molar-refractivity contribution in [1.29, 1.82) is 0 Å². The molecule has 2 aromatic carbocycles. The standard InChI is InChI=1S/C18H11ClFN5O2S2/c19-11-7-5-10(6-8-11)15-21-14(27-25-15)9-28-18-24-23-17(29-18)22-16(26)12-3-1-2-4-13(12)20/h1-8H,9H2,(H,22,23,26). The number of hydrogen-bond acceptors (Lipinski definition) is 8. The van der Waals surface area contributed by atoms with Crippen LogP contribution in [0.1, 0.15) is 16.2 Å². The predicted octanol–water partition coefficient (Wildman–Crippen LogP) is 4.93. The summed E-state index contributed by atoms with van der Waals surface area (Å²) in [6.07, 6.45) is 0. The molecule has 1 N–H and O–H groups in total. The SMILES string of the molecule is O=C(Nc1nnc(SCc2nc(-c3ccc(Cl)cc3)no2)s1)c1ccccc1F. The third-order valence-electron chi connectivity index (χ3n) is 3.64. The summed E-state index contributed by atoms with van der Waals surface area (Å²) in [5.41, 5.74) is 0.737. The fourth-order valence-corrected chi connectivity index (χ4v) is 3.99. The summed E-state index contributed by atoms with van der Waals surface area (Å²) in [7, 11) is 0. The molecule has 0 spiro atoms. The number of hydrogen-bond donors (Lipinski definition) is 1. The third-order valence-corrected chi connectivity index (χ3v) is 5.84. The van der Waals surface area contributed by atoms with Crippen LogP contribution in [0.4, 0.5) is 9.52 Å². The lowest BCUT2D eigenvalue weighted by Crippen LogP contribution is -2.13. The van der Waals surface area contributed by atoms with Gasteiger partial charge in [-0.25, -0.2) is 4.39 Å². The Morgan fingerprint density at radius 1 is 1.17 bits per heavy atom. The maximum Gasteiger partial charge on any atom is 0.260 e. The van der Waals surface area contributed by atoms with E-state index in [1.807, 2.05) is 0 Å². The Morgan fingerprint density at radius 3 is 2.76 bits per heavy atom. The minimum absolute atomic E-state index is 0.0579. The van der Waals surface area contributed by atoms with E-state index in [1.165, 1.54) is 41.3 Å². The lowest BCUT2D eigenvalue weighted by Gasteiger charge is -2.01. The summed E-state index contributed by atoms with van der Waals surface area (Å²) in [6, 6.07) is 12.8. The Bertz CT molecular complexity index is 1150. The predicted molar refractivity (Wildman–Crippen MR) is 109 cm³/mol. The van der Waals surface area contributed by atoms with Gasteiger partial charge in [0.05, 0.1) is 11.3 Å². The molecule has 0 bridgehead atoms. The average molecular weight is 448 g/mol. The van der Waals surface area contributed by atoms with Gasteiger partial charge in [0.15, 0.2) is 4.34 Å². The van der Waals surface area contributed by atoms with Crippen LogP contribution in [0.5, 0.6) is 0 Å². The van der Waals surface area contributed by atoms with Gasteiger partial charge < -0.3 is 4.52 Å². The molecule has 0 aliphatic heterocycles. The van der Waals surface area contributed by atoms with Gasteiger partial charge in [0, 0.05) is 10.6 Å². The van der Waals surface area contributed by atoms with E-state index in [9.17, 15) is 9.18 Å². The maximum absolute atomic E-state index is 13.7. The molecule has 0 saturated heterocycles. The number of thioether (sulfide) groups is 1. The van der Waals surface area contributed by atoms with E-state index >= 15 is 0 Å². The van der Waals surface area contributed by atoms with E-state index in [0.29, 0.717) is 26.8 Å². The molecule has 7 nitrogen and oxygen atoms in total. The molecule has 0 fully saturated rings. The van der Waals surface area contributed by atoms with Crippen LogP contribution in [0.25, 0.3) is 11.4 Å². The largest absolute Gasteiger partial charge is 0.338 e. The molecule has 1 amide bonds. The molecular formula is C18H11ClFN5O2S2. The van der Waals surface area contributed by atoms with E-state index in [-0.39, 0.29) is 10.7 Å². The molecule has 4 aromatic rings. The lowest BCUT2D eigenvalue weighted by atomic mass is 10.2. The van der Waals surface area contributed by atoms with Gasteiger partial charge in [0.25, 0.3) is 5.91 Å². The second-order valence-corrected chi connectivity index (χ2v) is 8.25. The van der Waals surface area contributed by atoms with Crippen LogP contribution in [-0.4, -0.2) is 26.2 Å². The van der Waals surface area contributed by atoms with Gasteiger partial charge in [-0.05, 0) is 36.4 Å². The van der Waals surface area contributed by atoms with E-state index < -0.39 is 11.7 Å². The van der Waals surface area contributed by atoms with Crippen LogP contribution in [0.2, 0.25) is 5.02 Å². The van der Waals surface area contributed by atoms with E-state index in [1.54, 1.807) is 30.3 Å². The molecule has 0 radical (unpaired) electrons. The minimum Gasteiger partial charge on any atom is -0.338 e. The molecule has 0 aliphatic rings. The Hall–Kier alpha value is -2.82. The van der Waals surface area contributed by atoms with Crippen molar-refractivity contribution in [3.8, 4) is 11.4 Å². The van der Waals surface area contributed by atoms with E-state index in [0.717, 1.165) is 5.56 Å². The molecule has 146 valence electrons. The third kappa shape index (κ3) is 4.78. The Labute approximate surface area is 177 Å². The number of halogens is 2. The first-order valence-corrected chi connectivity index (χ1v) is 10.4. The first-order valence-electron chi connectivity index (χ1n) is 8.19. The molecule has 2 aromatic heterocycles. The second kappa shape index (κ2) is 8.68. The smallest absolute Gasteiger partial charge is 0.260 e. The van der Waals surface area contributed by atoms with Crippen molar-refractivity contribution >= 4 is 45.7 Å². The Balaban J connectivity index is 1.36. The zero-order valence-electron chi connectivity index (χ0n) is 14.5. The fraction of sp³-hybridized carbons (Fsp3) is 0.0556. The average Bonchev–Trinajstić information content (AvgIpc) is 3.37. The molecule has 4 rings (SSSR count). The summed E-state index contributed by atoms with van der Waals surface area (Å²) < 4.78 is 19.5. The highest BCUT2D eigenvalue weighted by Crippen LogP contribution is 2.29. The van der Waals surface area contributed by atoms with Gasteiger partial charge in [-0.1, -0.05) is 52.0 Å². The maximum atomic E-state index is 13.7. The van der Waals surface area contributed by atoms with Crippen molar-refractivity contribution in [3.63, 3.8) is 0 Å². The molecule has 0 saturated carbocycles. The monoisotopic (exact) mass is 447 g/mol. The summed E-state index contributed by atoms with van der Waals surface area (Å²) in [4.78, 5) is 16.5. The van der Waals surface area contributed by atoms with E-state index in [2.05, 4.69) is 25.7 Å². The highest BCUT2D eigenvalue weighted by atomic mass is 35.5. The van der Waals surface area contributed by atoms with Gasteiger partial charge >= 0.3 is 0 Å². The first kappa shape index (κ1) is 19.5. The first-order chi connectivity index (χ1) is 14.1. The van der Waals surface area contributed by atoms with Crippen molar-refractivity contribution in [2.45, 2.75) is 10.1 Å². The number of aromatic nitrogens is 4. The normalized spacial score (nSPS) is 10.8. The molecule has 11 heteroatoms. The van der Waals surface area contributed by atoms with Gasteiger partial charge in [-0.2, -0.15) is 4.98 Å². The van der Waals surface area contributed by atoms with Crippen molar-refractivity contribution in [2.24, 2.45) is 0 Å². The number of anilines is 1. The number of carbonyl (C=O) groups excluding carboxylic acids is 1. The van der Waals surface area contributed by atoms with Gasteiger partial charge in [-0.3, -0.25) is 10.1 Å². The fourth-order valence-electron chi connectivity index (χ4n) is 2.28. The van der Waals surface area contributed by atoms with Crippen LogP contribution in [0.3, 0.4) is 0 Å². The number of benzene rings is 2. The summed E-state index contributed by atoms with van der Waals surface area (Å²) in [5, 5.41) is 15.3. The van der Waals surface area contributed by atoms with Crippen molar-refractivity contribution < 1.29 is 13.7 Å². The second-order valence-electron chi connectivity index (χ2n) is 5.61. The quantitative estimate of drug-likeness (QED) is 0.331. The number of carbonyl (C=O) groups is 1. The molecular weight excluding hydrogens is 437 g/mol. The number of rotatable bonds is 6. The topological polar surface area (TPSA) is 93.8 Å². The van der Waals surface area contributed by atoms with Crippen LogP contribution < -0.4 is 5.32 Å². The minimum atomic E-state index is -0.600. The molecule has 2 heterocycles. The molecule has 0 aliphatic carbocycles. The lowest BCUT2D eigenvalue weighted by molar-refractivity contribution is 0.102. The summed E-state index contributed by atoms with van der Waals surface area (Å²) in [5.74, 6) is 0.0907. The Morgan fingerprint density at radius 2 is 1.97 bits per heavy atom. The van der Waals surface area contributed by atoms with Gasteiger partial charge in [0.1, 0.15) is 5.82 Å². The van der Waals surface area contributed by atoms with Crippen LogP contribution in [0.15, 0.2) is 57.4 Å². The number of nitrogens with zero attached hydrogens (tertiary/aromatic N) is 4. The zero-order chi connectivity index (χ0) is 20.2. The van der Waals surface area contributed by atoms with E-state index in [4.69, 9.17) is 16.1 Å². The highest BCUT2D eigenvalue weighted by molar-refractivity contribution is 8.00. The molecule has 29 heavy (non-hydrogen) atoms. The number of amides is 1. The zero-order valence-corrected chi connectivity index (χ0v) is 16.9. The Kier molecular flexibility index (Phi) is 5.84. The van der Waals surface area contributed by atoms with Gasteiger partial charge in [0.2, 0.25) is 16.8 Å². The summed E-state index contributed by atoms with van der Waals surface area (Å²) >= 11 is 8.37. The molecule has 0 atom stereocenters. The van der Waals surface area contributed by atoms with Crippen molar-refractivity contribution in [3.05, 3.63) is 70.8 Å². The van der Waals surface area contributed by atoms with Crippen LogP contribution in [0, 0.1) is 5.82 Å². The van der Waals surface area contributed by atoms with Crippen LogP contribution in [-0.2, 0) is 5.75 Å².